The van der Waals surface area contributed by atoms with Crippen molar-refractivity contribution < 1.29 is 14.7 Å². The Morgan fingerprint density at radius 1 is 1.19 bits per heavy atom. The van der Waals surface area contributed by atoms with Gasteiger partial charge < -0.3 is 10.4 Å². The Labute approximate surface area is 126 Å². The number of benzene rings is 1. The van der Waals surface area contributed by atoms with Crippen molar-refractivity contribution in [1.82, 2.24) is 4.90 Å². The lowest BCUT2D eigenvalue weighted by Crippen LogP contribution is -2.46. The summed E-state index contributed by atoms with van der Waals surface area (Å²) in [4.78, 5) is 24.7. The Kier molecular flexibility index (Phi) is 5.90. The summed E-state index contributed by atoms with van der Waals surface area (Å²) in [6.45, 7) is 8.40. The number of aliphatic carboxylic acids is 1. The molecule has 0 bridgehead atoms. The normalized spacial score (nSPS) is 11.5. The van der Waals surface area contributed by atoms with Gasteiger partial charge in [0.1, 0.15) is 0 Å². The first-order chi connectivity index (χ1) is 9.68. The van der Waals surface area contributed by atoms with Gasteiger partial charge >= 0.3 is 5.97 Å². The van der Waals surface area contributed by atoms with Gasteiger partial charge in [-0.25, -0.2) is 0 Å². The monoisotopic (exact) mass is 292 g/mol. The summed E-state index contributed by atoms with van der Waals surface area (Å²) < 4.78 is 0. The van der Waals surface area contributed by atoms with Crippen LogP contribution in [0, 0.1) is 6.92 Å². The summed E-state index contributed by atoms with van der Waals surface area (Å²) in [6.07, 6.45) is 0.0229. The number of hydrogen-bond acceptors (Lipinski definition) is 3. The highest BCUT2D eigenvalue weighted by atomic mass is 16.4. The highest BCUT2D eigenvalue weighted by molar-refractivity contribution is 5.92. The van der Waals surface area contributed by atoms with E-state index >= 15 is 0 Å². The number of carbonyl (C=O) groups excluding carboxylic acids is 1. The molecule has 21 heavy (non-hydrogen) atoms. The van der Waals surface area contributed by atoms with E-state index in [0.717, 1.165) is 11.3 Å². The molecular formula is C16H24N2O3. The molecule has 0 unspecified atom stereocenters. The van der Waals surface area contributed by atoms with Gasteiger partial charge in [0, 0.05) is 17.8 Å². The van der Waals surface area contributed by atoms with Crippen molar-refractivity contribution in [2.24, 2.45) is 0 Å². The van der Waals surface area contributed by atoms with Crippen LogP contribution in [0.5, 0.6) is 0 Å². The molecule has 5 heteroatoms. The van der Waals surface area contributed by atoms with Gasteiger partial charge in [0.05, 0.1) is 13.0 Å². The van der Waals surface area contributed by atoms with E-state index < -0.39 is 5.97 Å². The lowest BCUT2D eigenvalue weighted by atomic mass is 10.1. The molecule has 0 saturated heterocycles. The molecule has 0 saturated carbocycles. The average molecular weight is 292 g/mol. The zero-order chi connectivity index (χ0) is 16.0. The summed E-state index contributed by atoms with van der Waals surface area (Å²) in [5.74, 6) is -0.998. The van der Waals surface area contributed by atoms with E-state index in [9.17, 15) is 9.59 Å². The fourth-order valence-electron chi connectivity index (χ4n) is 1.89. The third kappa shape index (κ3) is 6.40. The van der Waals surface area contributed by atoms with Crippen molar-refractivity contribution in [2.45, 2.75) is 39.7 Å². The van der Waals surface area contributed by atoms with Gasteiger partial charge in [-0.3, -0.25) is 14.5 Å². The van der Waals surface area contributed by atoms with Gasteiger partial charge in [-0.15, -0.1) is 0 Å². The van der Waals surface area contributed by atoms with Crippen LogP contribution in [0.15, 0.2) is 24.3 Å². The van der Waals surface area contributed by atoms with E-state index in [2.05, 4.69) is 5.32 Å². The van der Waals surface area contributed by atoms with Crippen LogP contribution in [0.3, 0.4) is 0 Å². The van der Waals surface area contributed by atoms with E-state index in [1.165, 1.54) is 0 Å². The largest absolute Gasteiger partial charge is 0.481 e. The number of carboxylic acids is 1. The number of carbonyl (C=O) groups is 2. The second-order valence-electron chi connectivity index (χ2n) is 6.15. The molecule has 0 aliphatic carbocycles. The Bertz CT molecular complexity index is 489. The minimum Gasteiger partial charge on any atom is -0.481 e. The van der Waals surface area contributed by atoms with Gasteiger partial charge in [0.2, 0.25) is 5.91 Å². The number of hydrogen-bond donors (Lipinski definition) is 2. The van der Waals surface area contributed by atoms with Crippen LogP contribution in [0.1, 0.15) is 32.8 Å². The van der Waals surface area contributed by atoms with Crippen LogP contribution < -0.4 is 5.32 Å². The lowest BCUT2D eigenvalue weighted by molar-refractivity contribution is -0.138. The molecule has 0 atom stereocenters. The Hall–Kier alpha value is -1.88. The summed E-state index contributed by atoms with van der Waals surface area (Å²) in [5, 5.41) is 11.6. The van der Waals surface area contributed by atoms with Crippen molar-refractivity contribution in [3.05, 3.63) is 29.8 Å². The summed E-state index contributed by atoms with van der Waals surface area (Å²) in [5.41, 5.74) is 1.61. The first kappa shape index (κ1) is 17.2. The molecule has 0 heterocycles. The highest BCUT2D eigenvalue weighted by Crippen LogP contribution is 2.14. The summed E-state index contributed by atoms with van der Waals surface area (Å²) >= 11 is 0. The molecule has 1 amide bonds. The van der Waals surface area contributed by atoms with Crippen LogP contribution in [0.25, 0.3) is 0 Å². The zero-order valence-electron chi connectivity index (χ0n) is 13.1. The molecule has 0 spiro atoms. The molecule has 0 radical (unpaired) electrons. The molecule has 2 N–H and O–H groups in total. The minimum absolute atomic E-state index is 0.0229. The zero-order valence-corrected chi connectivity index (χ0v) is 13.1. The Morgan fingerprint density at radius 3 is 2.24 bits per heavy atom. The average Bonchev–Trinajstić information content (AvgIpc) is 2.35. The molecule has 116 valence electrons. The fraction of sp³-hybridized carbons (Fsp3) is 0.500. The molecule has 1 aromatic carbocycles. The molecular weight excluding hydrogens is 268 g/mol. The van der Waals surface area contributed by atoms with Crippen LogP contribution in [-0.4, -0.2) is 40.5 Å². The van der Waals surface area contributed by atoms with Crippen molar-refractivity contribution in [1.29, 1.82) is 0 Å². The van der Waals surface area contributed by atoms with Crippen LogP contribution in [-0.2, 0) is 9.59 Å². The molecule has 5 nitrogen and oxygen atoms in total. The molecule has 1 rings (SSSR count). The SMILES string of the molecule is Cc1ccc(NC(=O)CN(CCC(=O)O)C(C)(C)C)cc1. The minimum atomic E-state index is -0.858. The van der Waals surface area contributed by atoms with Gasteiger partial charge in [0.25, 0.3) is 0 Å². The standard InChI is InChI=1S/C16H24N2O3/c1-12-5-7-13(8-6-12)17-14(19)11-18(16(2,3)4)10-9-15(20)21/h5-8H,9-11H2,1-4H3,(H,17,19)(H,20,21). The predicted octanol–water partition coefficient (Wildman–Crippen LogP) is 2.51. The number of nitrogens with zero attached hydrogens (tertiary/aromatic N) is 1. The topological polar surface area (TPSA) is 69.6 Å². The molecule has 0 aliphatic heterocycles. The van der Waals surface area contributed by atoms with Gasteiger partial charge in [-0.2, -0.15) is 0 Å². The van der Waals surface area contributed by atoms with Gasteiger partial charge in [-0.05, 0) is 39.8 Å². The van der Waals surface area contributed by atoms with E-state index in [0.29, 0.717) is 6.54 Å². The number of rotatable bonds is 6. The number of nitrogens with one attached hydrogen (secondary N) is 1. The van der Waals surface area contributed by atoms with E-state index in [1.54, 1.807) is 0 Å². The lowest BCUT2D eigenvalue weighted by Gasteiger charge is -2.34. The fourth-order valence-corrected chi connectivity index (χ4v) is 1.89. The van der Waals surface area contributed by atoms with Crippen molar-refractivity contribution in [3.63, 3.8) is 0 Å². The Balaban J connectivity index is 2.63. The van der Waals surface area contributed by atoms with Crippen molar-refractivity contribution in [3.8, 4) is 0 Å². The van der Waals surface area contributed by atoms with Gasteiger partial charge in [0.15, 0.2) is 0 Å². The van der Waals surface area contributed by atoms with E-state index in [-0.39, 0.29) is 24.4 Å². The third-order valence-corrected chi connectivity index (χ3v) is 3.21. The third-order valence-electron chi connectivity index (χ3n) is 3.21. The van der Waals surface area contributed by atoms with Crippen LogP contribution in [0.2, 0.25) is 0 Å². The van der Waals surface area contributed by atoms with Crippen LogP contribution in [0.4, 0.5) is 5.69 Å². The maximum absolute atomic E-state index is 12.1. The highest BCUT2D eigenvalue weighted by Gasteiger charge is 2.24. The quantitative estimate of drug-likeness (QED) is 0.845. The number of anilines is 1. The van der Waals surface area contributed by atoms with E-state index in [4.69, 9.17) is 5.11 Å². The van der Waals surface area contributed by atoms with Crippen molar-refractivity contribution >= 4 is 17.6 Å². The Morgan fingerprint density at radius 2 is 1.76 bits per heavy atom. The van der Waals surface area contributed by atoms with Gasteiger partial charge in [-0.1, -0.05) is 17.7 Å². The number of amides is 1. The summed E-state index contributed by atoms with van der Waals surface area (Å²) in [7, 11) is 0. The van der Waals surface area contributed by atoms with E-state index in [1.807, 2.05) is 56.9 Å². The molecule has 0 aromatic heterocycles. The molecule has 1 aromatic rings. The van der Waals surface area contributed by atoms with Crippen molar-refractivity contribution in [2.75, 3.05) is 18.4 Å². The number of aryl methyl sites for hydroxylation is 1. The second kappa shape index (κ2) is 7.22. The summed E-state index contributed by atoms with van der Waals surface area (Å²) in [6, 6.07) is 7.57. The molecule has 0 aliphatic rings. The predicted molar refractivity (Wildman–Crippen MR) is 83.4 cm³/mol. The second-order valence-corrected chi connectivity index (χ2v) is 6.15. The number of carboxylic acid groups (broad SMARTS) is 1. The first-order valence-electron chi connectivity index (χ1n) is 7.02. The molecule has 0 fully saturated rings. The maximum atomic E-state index is 12.1. The smallest absolute Gasteiger partial charge is 0.304 e. The maximum Gasteiger partial charge on any atom is 0.304 e. The van der Waals surface area contributed by atoms with Crippen LogP contribution >= 0.6 is 0 Å². The first-order valence-corrected chi connectivity index (χ1v) is 7.02.